The molecule has 280 valence electrons. The van der Waals surface area contributed by atoms with Gasteiger partial charge in [0.15, 0.2) is 0 Å². The Morgan fingerprint density at radius 1 is 0.400 bits per heavy atom. The molecule has 0 fully saturated rings. The van der Waals surface area contributed by atoms with Crippen LogP contribution in [0.1, 0.15) is 12.0 Å². The summed E-state index contributed by atoms with van der Waals surface area (Å²) >= 11 is 0. The van der Waals surface area contributed by atoms with Crippen LogP contribution in [0.2, 0.25) is 0 Å². The molecule has 1 atom stereocenters. The van der Waals surface area contributed by atoms with Gasteiger partial charge in [0.2, 0.25) is 0 Å². The van der Waals surface area contributed by atoms with Gasteiger partial charge >= 0.3 is 0 Å². The number of allylic oxidation sites excluding steroid dienone is 2. The quantitative estimate of drug-likeness (QED) is 0.173. The number of aromatic nitrogens is 1. The zero-order valence-corrected chi connectivity index (χ0v) is 32.9. The topological polar surface area (TPSA) is 8.17 Å². The zero-order valence-electron chi connectivity index (χ0n) is 32.9. The maximum Gasteiger partial charge on any atom is 0.0633 e. The highest BCUT2D eigenvalue weighted by Gasteiger charge is 2.40. The van der Waals surface area contributed by atoms with E-state index in [1.165, 1.54) is 111 Å². The number of hydrogen-bond acceptors (Lipinski definition) is 1. The van der Waals surface area contributed by atoms with Crippen molar-refractivity contribution in [2.75, 3.05) is 4.90 Å². The van der Waals surface area contributed by atoms with E-state index in [0.29, 0.717) is 0 Å². The van der Waals surface area contributed by atoms with Crippen molar-refractivity contribution >= 4 is 49.5 Å². The van der Waals surface area contributed by atoms with Crippen LogP contribution in [0.25, 0.3) is 99.5 Å². The van der Waals surface area contributed by atoms with Gasteiger partial charge in [-0.2, -0.15) is 0 Å². The lowest BCUT2D eigenvalue weighted by atomic mass is 9.87. The van der Waals surface area contributed by atoms with E-state index in [2.05, 4.69) is 222 Å². The van der Waals surface area contributed by atoms with Gasteiger partial charge in [0, 0.05) is 33.2 Å². The van der Waals surface area contributed by atoms with Crippen LogP contribution in [0.5, 0.6) is 0 Å². The van der Waals surface area contributed by atoms with Gasteiger partial charge in [0.05, 0.1) is 28.5 Å². The van der Waals surface area contributed by atoms with Crippen LogP contribution >= 0.6 is 0 Å². The molecule has 0 N–H and O–H groups in total. The Balaban J connectivity index is 0.962. The predicted molar refractivity (Wildman–Crippen MR) is 253 cm³/mol. The molecule has 60 heavy (non-hydrogen) atoms. The van der Waals surface area contributed by atoms with Gasteiger partial charge < -0.3 is 9.47 Å². The Labute approximate surface area is 349 Å². The molecule has 0 saturated heterocycles. The fraction of sp³-hybridized carbons (Fsp3) is 0.0345. The van der Waals surface area contributed by atoms with Crippen LogP contribution in [-0.4, -0.2) is 10.6 Å². The molecule has 10 aromatic rings. The highest BCUT2D eigenvalue weighted by atomic mass is 15.2. The summed E-state index contributed by atoms with van der Waals surface area (Å²) < 4.78 is 2.42. The van der Waals surface area contributed by atoms with Crippen molar-refractivity contribution in [3.63, 3.8) is 0 Å². The number of fused-ring (bicyclic) bond motifs is 12. The monoisotopic (exact) mass is 762 g/mol. The summed E-state index contributed by atoms with van der Waals surface area (Å²) in [4.78, 5) is 2.66. The molecule has 1 aliphatic carbocycles. The number of benzene rings is 9. The fourth-order valence-corrected chi connectivity index (χ4v) is 10.4. The van der Waals surface area contributed by atoms with E-state index in [4.69, 9.17) is 0 Å². The lowest BCUT2D eigenvalue weighted by Crippen LogP contribution is -2.27. The third-order valence-electron chi connectivity index (χ3n) is 13.2. The van der Waals surface area contributed by atoms with E-state index in [1.54, 1.807) is 0 Å². The van der Waals surface area contributed by atoms with Gasteiger partial charge in [-0.25, -0.2) is 0 Å². The third kappa shape index (κ3) is 4.95. The first-order chi connectivity index (χ1) is 29.7. The maximum absolute atomic E-state index is 2.66. The molecule has 0 spiro atoms. The SMILES string of the molecule is C1=CCC2C(=C1)c1cc(-c3ccc4c(c3)c3ccccc3n4-c3ccc(-c4cccc(-c5ccccc5)c4)cc3)cc3c1N2c1cc2ccccc2cc1-c1ccccc1-3. The van der Waals surface area contributed by atoms with Gasteiger partial charge in [-0.1, -0.05) is 152 Å². The Kier molecular flexibility index (Phi) is 7.17. The molecule has 0 saturated carbocycles. The molecule has 1 unspecified atom stereocenters. The Morgan fingerprint density at radius 3 is 1.87 bits per heavy atom. The van der Waals surface area contributed by atoms with Crippen molar-refractivity contribution in [2.45, 2.75) is 12.5 Å². The van der Waals surface area contributed by atoms with Crippen LogP contribution < -0.4 is 4.90 Å². The largest absolute Gasteiger partial charge is 0.332 e. The molecule has 2 heteroatoms. The van der Waals surface area contributed by atoms with E-state index in [1.807, 2.05) is 0 Å². The second-order valence-corrected chi connectivity index (χ2v) is 16.4. The number of anilines is 2. The van der Waals surface area contributed by atoms with E-state index in [9.17, 15) is 0 Å². The number of para-hydroxylation sites is 1. The van der Waals surface area contributed by atoms with Crippen LogP contribution in [-0.2, 0) is 0 Å². The summed E-state index contributed by atoms with van der Waals surface area (Å²) in [6.07, 6.45) is 7.92. The van der Waals surface area contributed by atoms with E-state index >= 15 is 0 Å². The highest BCUT2D eigenvalue weighted by molar-refractivity contribution is 6.13. The average Bonchev–Trinajstić information content (AvgIpc) is 3.80. The van der Waals surface area contributed by atoms with E-state index < -0.39 is 0 Å². The number of rotatable bonds is 4. The summed E-state index contributed by atoms with van der Waals surface area (Å²) in [5, 5.41) is 5.06. The summed E-state index contributed by atoms with van der Waals surface area (Å²) in [6, 6.07) is 72.3. The van der Waals surface area contributed by atoms with Crippen molar-refractivity contribution in [1.82, 2.24) is 4.57 Å². The lowest BCUT2D eigenvalue weighted by Gasteiger charge is -2.30. The molecule has 2 nitrogen and oxygen atoms in total. The Hall–Kier alpha value is -7.68. The minimum absolute atomic E-state index is 0.243. The lowest BCUT2D eigenvalue weighted by molar-refractivity contribution is 0.832. The molecule has 1 aromatic heterocycles. The first-order valence-electron chi connectivity index (χ1n) is 21.0. The predicted octanol–water partition coefficient (Wildman–Crippen LogP) is 15.4. The van der Waals surface area contributed by atoms with Gasteiger partial charge in [-0.05, 0) is 128 Å². The molecule has 3 heterocycles. The van der Waals surface area contributed by atoms with Crippen LogP contribution in [0.4, 0.5) is 11.4 Å². The van der Waals surface area contributed by atoms with Crippen molar-refractivity contribution in [2.24, 2.45) is 0 Å². The van der Waals surface area contributed by atoms with Gasteiger partial charge in [0.1, 0.15) is 0 Å². The standard InChI is InChI=1S/C58H38N2/c1-2-13-37(14-3-1)39-17-12-18-40(31-39)38-25-28-45(29-26-38)59-54-23-10-8-21-48(54)51-33-43(27-30-56(51)59)44-34-52-47-20-7-6-19-46(47)50-32-41-15-4-5-16-42(41)36-57(50)60-55-24-11-9-22-49(55)53(35-44)58(52)60/h1-23,25-36,55H,24H2. The minimum Gasteiger partial charge on any atom is -0.332 e. The Morgan fingerprint density at radius 2 is 1.03 bits per heavy atom. The molecule has 0 amide bonds. The first kappa shape index (κ1) is 33.3. The summed E-state index contributed by atoms with van der Waals surface area (Å²) in [7, 11) is 0. The van der Waals surface area contributed by atoms with Crippen LogP contribution in [0, 0.1) is 0 Å². The Bertz CT molecular complexity index is 3450. The molecule has 0 bridgehead atoms. The maximum atomic E-state index is 2.66. The smallest absolute Gasteiger partial charge is 0.0633 e. The van der Waals surface area contributed by atoms with Crippen molar-refractivity contribution in [3.8, 4) is 61.3 Å². The van der Waals surface area contributed by atoms with Gasteiger partial charge in [0.25, 0.3) is 0 Å². The second-order valence-electron chi connectivity index (χ2n) is 16.4. The number of nitrogens with zero attached hydrogens (tertiary/aromatic N) is 2. The van der Waals surface area contributed by atoms with Gasteiger partial charge in [-0.3, -0.25) is 0 Å². The first-order valence-corrected chi connectivity index (χ1v) is 21.0. The molecule has 9 aromatic carbocycles. The van der Waals surface area contributed by atoms with Gasteiger partial charge in [-0.15, -0.1) is 0 Å². The average molecular weight is 763 g/mol. The van der Waals surface area contributed by atoms with Crippen molar-refractivity contribution < 1.29 is 0 Å². The number of hydrogen-bond donors (Lipinski definition) is 0. The third-order valence-corrected chi connectivity index (χ3v) is 13.2. The van der Waals surface area contributed by atoms with Crippen LogP contribution in [0.3, 0.4) is 0 Å². The molecule has 2 aliphatic heterocycles. The van der Waals surface area contributed by atoms with E-state index in [-0.39, 0.29) is 6.04 Å². The summed E-state index contributed by atoms with van der Waals surface area (Å²) in [5.41, 5.74) is 21.5. The normalized spacial score (nSPS) is 14.8. The fourth-order valence-electron chi connectivity index (χ4n) is 10.4. The zero-order chi connectivity index (χ0) is 39.3. The molecule has 3 aliphatic rings. The molecular weight excluding hydrogens is 725 g/mol. The second kappa shape index (κ2) is 12.9. The van der Waals surface area contributed by atoms with E-state index in [0.717, 1.165) is 12.1 Å². The summed E-state index contributed by atoms with van der Waals surface area (Å²) in [6.45, 7) is 0. The molecule has 0 radical (unpaired) electrons. The highest BCUT2D eigenvalue weighted by Crippen LogP contribution is 2.58. The molecular formula is C58H38N2. The van der Waals surface area contributed by atoms with Crippen molar-refractivity contribution in [1.29, 1.82) is 0 Å². The minimum atomic E-state index is 0.243. The summed E-state index contributed by atoms with van der Waals surface area (Å²) in [5.74, 6) is 0. The van der Waals surface area contributed by atoms with Crippen LogP contribution in [0.15, 0.2) is 212 Å². The molecule has 13 rings (SSSR count). The van der Waals surface area contributed by atoms with Crippen molar-refractivity contribution in [3.05, 3.63) is 218 Å².